The zero-order valence-electron chi connectivity index (χ0n) is 29.1. The van der Waals surface area contributed by atoms with Gasteiger partial charge in [0.05, 0.1) is 42.4 Å². The third-order valence-electron chi connectivity index (χ3n) is 8.62. The van der Waals surface area contributed by atoms with Crippen LogP contribution in [0.3, 0.4) is 0 Å². The molecule has 3 N–H and O–H groups in total. The highest BCUT2D eigenvalue weighted by atomic mass is 35.5. The number of nitrogens with one attached hydrogen (secondary N) is 2. The maximum Gasteiger partial charge on any atom is 0.323 e. The summed E-state index contributed by atoms with van der Waals surface area (Å²) in [6.45, 7) is 5.80. The first kappa shape index (κ1) is 38.9. The summed E-state index contributed by atoms with van der Waals surface area (Å²) in [6, 6.07) is 16.6. The predicted molar refractivity (Wildman–Crippen MR) is 194 cm³/mol. The van der Waals surface area contributed by atoms with E-state index in [1.807, 2.05) is 13.8 Å². The van der Waals surface area contributed by atoms with E-state index in [-0.39, 0.29) is 42.2 Å². The number of nitrogens with zero attached hydrogens (tertiary/aromatic N) is 2. The van der Waals surface area contributed by atoms with Gasteiger partial charge in [-0.15, -0.1) is 0 Å². The third-order valence-corrected chi connectivity index (χ3v) is 10.7. The molecule has 4 atom stereocenters. The number of urea groups is 1. The summed E-state index contributed by atoms with van der Waals surface area (Å²) in [5.74, 6) is 0.236. The lowest BCUT2D eigenvalue weighted by Gasteiger charge is -2.35. The molecule has 0 bridgehead atoms. The Labute approximate surface area is 299 Å². The molecule has 3 amide bonds. The lowest BCUT2D eigenvalue weighted by atomic mass is 10.0. The van der Waals surface area contributed by atoms with Crippen LogP contribution < -0.4 is 20.1 Å². The molecule has 0 unspecified atom stereocenters. The van der Waals surface area contributed by atoms with Crippen molar-refractivity contribution in [3.63, 3.8) is 0 Å². The number of amides is 3. The van der Waals surface area contributed by atoms with E-state index in [1.54, 1.807) is 56.5 Å². The Hall–Kier alpha value is -3.88. The van der Waals surface area contributed by atoms with Gasteiger partial charge in [-0.3, -0.25) is 4.79 Å². The second-order valence-corrected chi connectivity index (χ2v) is 15.0. The van der Waals surface area contributed by atoms with Gasteiger partial charge in [-0.05, 0) is 99.8 Å². The molecule has 4 rings (SSSR count). The SMILES string of the molecule is COc1ccc(NC(=O)Nc2ccc3c(c2)C(=O)N([C@H](C)CO)C[C@H](C)[C@@H](CN(C)S(=O)(=O)c2ccc(Cl)cc2)OCCCC[C@@H](C)O3)cc1. The Morgan fingerprint density at radius 1 is 1.06 bits per heavy atom. The van der Waals surface area contributed by atoms with E-state index in [0.717, 1.165) is 12.8 Å². The third kappa shape index (κ3) is 10.3. The van der Waals surface area contributed by atoms with Gasteiger partial charge in [0.2, 0.25) is 10.0 Å². The van der Waals surface area contributed by atoms with Crippen LogP contribution in [0.25, 0.3) is 0 Å². The van der Waals surface area contributed by atoms with Crippen LogP contribution >= 0.6 is 11.6 Å². The van der Waals surface area contributed by atoms with E-state index in [0.29, 0.717) is 40.9 Å². The van der Waals surface area contributed by atoms with Crippen molar-refractivity contribution in [2.24, 2.45) is 5.92 Å². The molecule has 3 aromatic rings. The Morgan fingerprint density at radius 2 is 1.72 bits per heavy atom. The van der Waals surface area contributed by atoms with Crippen molar-refractivity contribution in [1.29, 1.82) is 0 Å². The van der Waals surface area contributed by atoms with Gasteiger partial charge in [0.15, 0.2) is 0 Å². The predicted octanol–water partition coefficient (Wildman–Crippen LogP) is 6.11. The molecule has 0 aliphatic carbocycles. The van der Waals surface area contributed by atoms with Crippen molar-refractivity contribution in [2.75, 3.05) is 51.1 Å². The van der Waals surface area contributed by atoms with Crippen LogP contribution in [-0.2, 0) is 14.8 Å². The van der Waals surface area contributed by atoms with Gasteiger partial charge >= 0.3 is 6.03 Å². The number of fused-ring (bicyclic) bond motifs is 1. The van der Waals surface area contributed by atoms with Gasteiger partial charge < -0.3 is 34.9 Å². The zero-order chi connectivity index (χ0) is 36.4. The molecule has 1 aliphatic heterocycles. The second kappa shape index (κ2) is 17.9. The highest BCUT2D eigenvalue weighted by Crippen LogP contribution is 2.29. The van der Waals surface area contributed by atoms with Crippen LogP contribution in [0.15, 0.2) is 71.6 Å². The number of methoxy groups -OCH3 is 1. The standard InChI is InChI=1S/C36H47ClN4O8S/c1-24-21-41(25(2)23-42)35(43)32-20-29(39-36(44)38-28-11-14-30(47-5)15-12-28)13-18-33(32)49-26(3)8-6-7-19-48-34(24)22-40(4)50(45,46)31-16-9-27(37)10-17-31/h9-18,20,24-26,34,42H,6-8,19,21-23H2,1-5H3,(H2,38,39,44)/t24-,25+,26+,34+/m0/s1. The van der Waals surface area contributed by atoms with Crippen molar-refractivity contribution >= 4 is 44.9 Å². The quantitative estimate of drug-likeness (QED) is 0.239. The summed E-state index contributed by atoms with van der Waals surface area (Å²) in [5, 5.41) is 16.2. The highest BCUT2D eigenvalue weighted by Gasteiger charge is 2.32. The molecule has 0 fully saturated rings. The normalized spacial score (nSPS) is 19.9. The first-order chi connectivity index (χ1) is 23.8. The fraction of sp³-hybridized carbons (Fsp3) is 0.444. The number of likely N-dealkylation sites (N-methyl/N-ethyl adjacent to an activating group) is 1. The lowest BCUT2D eigenvalue weighted by Crippen LogP contribution is -2.48. The molecular weight excluding hydrogens is 684 g/mol. The van der Waals surface area contributed by atoms with Gasteiger partial charge in [-0.2, -0.15) is 4.31 Å². The fourth-order valence-electron chi connectivity index (χ4n) is 5.57. The second-order valence-electron chi connectivity index (χ2n) is 12.6. The monoisotopic (exact) mass is 730 g/mol. The summed E-state index contributed by atoms with van der Waals surface area (Å²) in [7, 11) is -0.801. The summed E-state index contributed by atoms with van der Waals surface area (Å²) >= 11 is 5.99. The summed E-state index contributed by atoms with van der Waals surface area (Å²) in [6.07, 6.45) is 1.37. The first-order valence-corrected chi connectivity index (χ1v) is 18.4. The Bertz CT molecular complexity index is 1690. The first-order valence-electron chi connectivity index (χ1n) is 16.6. The number of ether oxygens (including phenoxy) is 3. The van der Waals surface area contributed by atoms with Crippen LogP contribution in [0.1, 0.15) is 50.4 Å². The molecule has 14 heteroatoms. The number of halogens is 1. The minimum atomic E-state index is -3.86. The number of aliphatic hydroxyl groups excluding tert-OH is 1. The molecule has 3 aromatic carbocycles. The molecule has 0 saturated heterocycles. The van der Waals surface area contributed by atoms with E-state index >= 15 is 0 Å². The molecule has 0 saturated carbocycles. The fourth-order valence-corrected chi connectivity index (χ4v) is 6.88. The largest absolute Gasteiger partial charge is 0.497 e. The number of hydrogen-bond donors (Lipinski definition) is 3. The van der Waals surface area contributed by atoms with Crippen LogP contribution in [0, 0.1) is 5.92 Å². The van der Waals surface area contributed by atoms with Crippen LogP contribution in [0.4, 0.5) is 16.2 Å². The van der Waals surface area contributed by atoms with Crippen molar-refractivity contribution in [2.45, 2.75) is 63.2 Å². The molecule has 12 nitrogen and oxygen atoms in total. The van der Waals surface area contributed by atoms with E-state index in [9.17, 15) is 23.1 Å². The topological polar surface area (TPSA) is 147 Å². The van der Waals surface area contributed by atoms with Crippen LogP contribution in [-0.4, -0.2) is 93.4 Å². The minimum Gasteiger partial charge on any atom is -0.497 e. The molecule has 0 aromatic heterocycles. The van der Waals surface area contributed by atoms with E-state index < -0.39 is 34.1 Å². The molecule has 1 aliphatic rings. The van der Waals surface area contributed by atoms with Gasteiger partial charge in [0.25, 0.3) is 5.91 Å². The summed E-state index contributed by atoms with van der Waals surface area (Å²) in [5.41, 5.74) is 1.12. The molecule has 50 heavy (non-hydrogen) atoms. The zero-order valence-corrected chi connectivity index (χ0v) is 30.7. The number of carbonyl (C=O) groups is 2. The summed E-state index contributed by atoms with van der Waals surface area (Å²) in [4.78, 5) is 28.9. The molecule has 0 spiro atoms. The van der Waals surface area contributed by atoms with Gasteiger partial charge in [0.1, 0.15) is 11.5 Å². The number of sulfonamides is 1. The number of carbonyl (C=O) groups excluding carboxylic acids is 2. The number of aliphatic hydroxyl groups is 1. The molecule has 1 heterocycles. The number of benzene rings is 3. The maximum absolute atomic E-state index is 14.4. The van der Waals surface area contributed by atoms with Crippen molar-refractivity contribution < 1.29 is 37.3 Å². The van der Waals surface area contributed by atoms with Gasteiger partial charge in [-0.25, -0.2) is 13.2 Å². The van der Waals surface area contributed by atoms with Gasteiger partial charge in [-0.1, -0.05) is 18.5 Å². The molecular formula is C36H47ClN4O8S. The number of rotatable bonds is 9. The smallest absolute Gasteiger partial charge is 0.323 e. The number of hydrogen-bond acceptors (Lipinski definition) is 8. The highest BCUT2D eigenvalue weighted by molar-refractivity contribution is 7.89. The van der Waals surface area contributed by atoms with Crippen molar-refractivity contribution in [3.05, 3.63) is 77.3 Å². The molecule has 272 valence electrons. The average Bonchev–Trinajstić information content (AvgIpc) is 3.09. The van der Waals surface area contributed by atoms with E-state index in [4.69, 9.17) is 25.8 Å². The Morgan fingerprint density at radius 3 is 2.38 bits per heavy atom. The average molecular weight is 731 g/mol. The maximum atomic E-state index is 14.4. The van der Waals surface area contributed by atoms with Crippen molar-refractivity contribution in [3.8, 4) is 11.5 Å². The Kier molecular flexibility index (Phi) is 13.9. The molecule has 0 radical (unpaired) electrons. The van der Waals surface area contributed by atoms with Crippen LogP contribution in [0.2, 0.25) is 5.02 Å². The van der Waals surface area contributed by atoms with Crippen LogP contribution in [0.5, 0.6) is 11.5 Å². The minimum absolute atomic E-state index is 0.0368. The van der Waals surface area contributed by atoms with E-state index in [2.05, 4.69) is 10.6 Å². The van der Waals surface area contributed by atoms with Gasteiger partial charge in [0, 0.05) is 49.1 Å². The van der Waals surface area contributed by atoms with Crippen molar-refractivity contribution in [1.82, 2.24) is 9.21 Å². The Balaban J connectivity index is 1.61. The lowest BCUT2D eigenvalue weighted by molar-refractivity contribution is -0.00833. The van der Waals surface area contributed by atoms with E-state index in [1.165, 1.54) is 40.5 Å². The summed E-state index contributed by atoms with van der Waals surface area (Å²) < 4.78 is 45.9. The number of anilines is 2.